The van der Waals surface area contributed by atoms with Gasteiger partial charge in [0.2, 0.25) is 0 Å². The van der Waals surface area contributed by atoms with Crippen LogP contribution in [0.15, 0.2) is 58.4 Å². The Kier molecular flexibility index (Phi) is 7.19. The van der Waals surface area contributed by atoms with Gasteiger partial charge in [0.1, 0.15) is 5.01 Å². The first-order chi connectivity index (χ1) is 14.0. The number of aryl methyl sites for hydroxylation is 2. The largest absolute Gasteiger partial charge is 0.357 e. The van der Waals surface area contributed by atoms with Crippen molar-refractivity contribution in [3.63, 3.8) is 0 Å². The fraction of sp³-hybridized carbons (Fsp3) is 0.318. The second kappa shape index (κ2) is 10.0. The topological polar surface area (TPSA) is 71.3 Å². The first-order valence-corrected chi connectivity index (χ1v) is 10.5. The Morgan fingerprint density at radius 2 is 1.86 bits per heavy atom. The van der Waals surface area contributed by atoms with Crippen molar-refractivity contribution < 1.29 is 0 Å². The minimum Gasteiger partial charge on any atom is -0.357 e. The Labute approximate surface area is 175 Å². The van der Waals surface area contributed by atoms with Crippen molar-refractivity contribution in [2.45, 2.75) is 40.4 Å². The zero-order valence-electron chi connectivity index (χ0n) is 17.1. The maximum atomic E-state index is 11.8. The van der Waals surface area contributed by atoms with Crippen LogP contribution in [-0.4, -0.2) is 22.1 Å². The molecule has 0 amide bonds. The Bertz CT molecular complexity index is 1000. The second-order valence-corrected chi connectivity index (χ2v) is 8.07. The minimum absolute atomic E-state index is 0.00755. The molecule has 0 unspecified atom stereocenters. The van der Waals surface area contributed by atoms with Crippen LogP contribution in [0.2, 0.25) is 0 Å². The molecular weight excluding hydrogens is 382 g/mol. The average molecular weight is 410 g/mol. The first-order valence-electron chi connectivity index (χ1n) is 9.73. The maximum Gasteiger partial charge on any atom is 0.250 e. The van der Waals surface area contributed by atoms with Crippen LogP contribution in [0.3, 0.4) is 0 Å². The van der Waals surface area contributed by atoms with E-state index in [0.717, 1.165) is 34.3 Å². The monoisotopic (exact) mass is 409 g/mol. The van der Waals surface area contributed by atoms with Gasteiger partial charge in [0, 0.05) is 23.7 Å². The van der Waals surface area contributed by atoms with Gasteiger partial charge < -0.3 is 15.2 Å². The van der Waals surface area contributed by atoms with Crippen molar-refractivity contribution in [2.24, 2.45) is 4.99 Å². The summed E-state index contributed by atoms with van der Waals surface area (Å²) in [4.78, 5) is 22.3. The summed E-state index contributed by atoms with van der Waals surface area (Å²) in [5.41, 5.74) is 3.30. The lowest BCUT2D eigenvalue weighted by molar-refractivity contribution is 0.759. The molecule has 2 heterocycles. The third-order valence-corrected chi connectivity index (χ3v) is 5.59. The van der Waals surface area contributed by atoms with E-state index in [0.29, 0.717) is 19.6 Å². The zero-order valence-corrected chi connectivity index (χ0v) is 17.9. The Morgan fingerprint density at radius 3 is 2.52 bits per heavy atom. The smallest absolute Gasteiger partial charge is 0.250 e. The summed E-state index contributed by atoms with van der Waals surface area (Å²) in [5, 5.41) is 7.68. The van der Waals surface area contributed by atoms with E-state index in [4.69, 9.17) is 0 Å². The van der Waals surface area contributed by atoms with Gasteiger partial charge in [-0.2, -0.15) is 0 Å². The number of nitrogens with zero attached hydrogens (tertiary/aromatic N) is 3. The lowest BCUT2D eigenvalue weighted by Gasteiger charge is -2.10. The van der Waals surface area contributed by atoms with Gasteiger partial charge in [-0.05, 0) is 38.0 Å². The van der Waals surface area contributed by atoms with Crippen LogP contribution in [0.25, 0.3) is 0 Å². The molecule has 152 valence electrons. The number of rotatable bonds is 7. The number of aromatic nitrogens is 2. The van der Waals surface area contributed by atoms with Gasteiger partial charge in [0.25, 0.3) is 5.56 Å². The molecule has 2 aromatic heterocycles. The van der Waals surface area contributed by atoms with Crippen molar-refractivity contribution in [1.29, 1.82) is 0 Å². The molecule has 0 bridgehead atoms. The molecule has 29 heavy (non-hydrogen) atoms. The molecule has 0 spiro atoms. The third kappa shape index (κ3) is 6.02. The fourth-order valence-electron chi connectivity index (χ4n) is 2.82. The molecule has 3 rings (SSSR count). The number of guanidine groups is 1. The molecule has 0 saturated heterocycles. The van der Waals surface area contributed by atoms with Crippen LogP contribution in [0.1, 0.15) is 33.6 Å². The van der Waals surface area contributed by atoms with Gasteiger partial charge >= 0.3 is 0 Å². The van der Waals surface area contributed by atoms with Gasteiger partial charge in [0.15, 0.2) is 5.96 Å². The summed E-state index contributed by atoms with van der Waals surface area (Å²) in [6.45, 7) is 8.79. The molecule has 0 aliphatic rings. The van der Waals surface area contributed by atoms with Gasteiger partial charge in [-0.25, -0.2) is 9.98 Å². The number of hydrogen-bond acceptors (Lipinski definition) is 4. The highest BCUT2D eigenvalue weighted by Crippen LogP contribution is 2.15. The Morgan fingerprint density at radius 1 is 1.10 bits per heavy atom. The molecule has 0 radical (unpaired) electrons. The molecule has 3 aromatic rings. The van der Waals surface area contributed by atoms with Crippen LogP contribution >= 0.6 is 11.3 Å². The van der Waals surface area contributed by atoms with E-state index in [1.165, 1.54) is 4.88 Å². The van der Waals surface area contributed by atoms with Gasteiger partial charge in [-0.15, -0.1) is 11.3 Å². The summed E-state index contributed by atoms with van der Waals surface area (Å²) in [6, 6.07) is 13.4. The zero-order chi connectivity index (χ0) is 20.6. The molecule has 1 aromatic carbocycles. The van der Waals surface area contributed by atoms with E-state index in [2.05, 4.69) is 46.6 Å². The Hall–Kier alpha value is -2.93. The summed E-state index contributed by atoms with van der Waals surface area (Å²) in [7, 11) is 0. The second-order valence-electron chi connectivity index (χ2n) is 6.78. The molecular formula is C22H27N5OS. The van der Waals surface area contributed by atoms with E-state index >= 15 is 0 Å². The van der Waals surface area contributed by atoms with E-state index in [1.54, 1.807) is 34.2 Å². The summed E-state index contributed by atoms with van der Waals surface area (Å²) < 4.78 is 1.70. The summed E-state index contributed by atoms with van der Waals surface area (Å²) >= 11 is 1.71. The molecule has 0 fully saturated rings. The van der Waals surface area contributed by atoms with Gasteiger partial charge in [0.05, 0.1) is 25.3 Å². The van der Waals surface area contributed by atoms with Crippen LogP contribution < -0.4 is 16.2 Å². The van der Waals surface area contributed by atoms with E-state index in [9.17, 15) is 4.79 Å². The summed E-state index contributed by atoms with van der Waals surface area (Å²) in [5.74, 6) is 0.776. The number of thiazole rings is 1. The number of benzene rings is 1. The quantitative estimate of drug-likeness (QED) is 0.464. The number of hydrogen-bond donors (Lipinski definition) is 2. The van der Waals surface area contributed by atoms with E-state index in [-0.39, 0.29) is 5.56 Å². The van der Waals surface area contributed by atoms with Gasteiger partial charge in [-0.1, -0.05) is 30.3 Å². The van der Waals surface area contributed by atoms with Crippen LogP contribution in [-0.2, 0) is 19.6 Å². The molecule has 6 nitrogen and oxygen atoms in total. The van der Waals surface area contributed by atoms with Crippen molar-refractivity contribution in [2.75, 3.05) is 6.54 Å². The number of nitrogens with one attached hydrogen (secondary N) is 2. The number of aliphatic imine (C=N–C) groups is 1. The molecule has 0 aliphatic carbocycles. The maximum absolute atomic E-state index is 11.8. The molecule has 7 heteroatoms. The van der Waals surface area contributed by atoms with Crippen molar-refractivity contribution in [3.8, 4) is 0 Å². The highest BCUT2D eigenvalue weighted by Gasteiger charge is 2.05. The minimum atomic E-state index is 0.00755. The van der Waals surface area contributed by atoms with Gasteiger partial charge in [-0.3, -0.25) is 4.79 Å². The average Bonchev–Trinajstić information content (AvgIpc) is 3.04. The van der Waals surface area contributed by atoms with E-state index < -0.39 is 0 Å². The standard InChI is InChI=1S/C22H27N5OS/c1-4-23-22(25-14-20-26-16(2)17(3)29-20)24-13-18-8-10-19(11-9-18)15-27-12-6-5-7-21(27)28/h5-12H,4,13-15H2,1-3H3,(H2,23,24,25). The lowest BCUT2D eigenvalue weighted by Crippen LogP contribution is -2.36. The highest BCUT2D eigenvalue weighted by molar-refractivity contribution is 7.11. The lowest BCUT2D eigenvalue weighted by atomic mass is 10.1. The highest BCUT2D eigenvalue weighted by atomic mass is 32.1. The van der Waals surface area contributed by atoms with Crippen LogP contribution in [0.4, 0.5) is 0 Å². The molecule has 0 atom stereocenters. The van der Waals surface area contributed by atoms with E-state index in [1.807, 2.05) is 25.1 Å². The van der Waals surface area contributed by atoms with Crippen LogP contribution in [0, 0.1) is 13.8 Å². The third-order valence-electron chi connectivity index (χ3n) is 4.52. The van der Waals surface area contributed by atoms with Crippen molar-refractivity contribution in [1.82, 2.24) is 20.2 Å². The predicted molar refractivity (Wildman–Crippen MR) is 119 cm³/mol. The van der Waals surface area contributed by atoms with Crippen LogP contribution in [0.5, 0.6) is 0 Å². The fourth-order valence-corrected chi connectivity index (χ4v) is 3.70. The SMILES string of the molecule is CCNC(=NCc1ccc(Cn2ccccc2=O)cc1)NCc1nc(C)c(C)s1. The molecule has 0 saturated carbocycles. The molecule has 2 N–H and O–H groups in total. The first kappa shape index (κ1) is 20.8. The molecule has 0 aliphatic heterocycles. The van der Waals surface area contributed by atoms with Crippen molar-refractivity contribution >= 4 is 17.3 Å². The normalized spacial score (nSPS) is 11.5. The summed E-state index contributed by atoms with van der Waals surface area (Å²) in [6.07, 6.45) is 1.81. The van der Waals surface area contributed by atoms with Crippen molar-refractivity contribution in [3.05, 3.63) is 85.7 Å². The number of pyridine rings is 1. The predicted octanol–water partition coefficient (Wildman–Crippen LogP) is 3.23. The Balaban J connectivity index is 1.59.